The zero-order valence-electron chi connectivity index (χ0n) is 12.1. The number of hydrogen-bond donors (Lipinski definition) is 2. The number of carbonyl (C=O) groups is 1. The van der Waals surface area contributed by atoms with Crippen LogP contribution < -0.4 is 11.1 Å². The summed E-state index contributed by atoms with van der Waals surface area (Å²) in [5.74, 6) is 0.0409. The maximum atomic E-state index is 11.8. The van der Waals surface area contributed by atoms with Crippen LogP contribution in [0.15, 0.2) is 30.3 Å². The lowest BCUT2D eigenvalue weighted by atomic mass is 9.93. The molecule has 0 heterocycles. The van der Waals surface area contributed by atoms with Gasteiger partial charge in [-0.25, -0.2) is 0 Å². The van der Waals surface area contributed by atoms with Gasteiger partial charge in [0.2, 0.25) is 5.91 Å². The average Bonchev–Trinajstić information content (AvgIpc) is 2.37. The number of likely N-dealkylation sites (N-methyl/N-ethyl adjacent to an activating group) is 1. The van der Waals surface area contributed by atoms with Gasteiger partial charge in [-0.2, -0.15) is 0 Å². The molecule has 0 fully saturated rings. The minimum Gasteiger partial charge on any atom is -0.351 e. The molecular formula is C15H25N3O. The lowest BCUT2D eigenvalue weighted by Crippen LogP contribution is -2.41. The highest BCUT2D eigenvalue weighted by molar-refractivity contribution is 5.77. The van der Waals surface area contributed by atoms with Crippen molar-refractivity contribution >= 4 is 5.91 Å². The maximum Gasteiger partial charge on any atom is 0.234 e. The van der Waals surface area contributed by atoms with Crippen molar-refractivity contribution in [1.82, 2.24) is 10.2 Å². The summed E-state index contributed by atoms with van der Waals surface area (Å²) in [5, 5.41) is 2.92. The number of benzene rings is 1. The van der Waals surface area contributed by atoms with E-state index in [4.69, 9.17) is 5.73 Å². The molecule has 1 amide bonds. The van der Waals surface area contributed by atoms with Crippen LogP contribution in [0.3, 0.4) is 0 Å². The van der Waals surface area contributed by atoms with E-state index in [1.165, 1.54) is 0 Å². The predicted octanol–water partition coefficient (Wildman–Crippen LogP) is 1.22. The summed E-state index contributed by atoms with van der Waals surface area (Å²) >= 11 is 0. The Hall–Kier alpha value is -1.39. The molecule has 3 N–H and O–H groups in total. The molecule has 0 radical (unpaired) electrons. The van der Waals surface area contributed by atoms with Crippen LogP contribution in [0, 0.1) is 5.41 Å². The van der Waals surface area contributed by atoms with Crippen LogP contribution in [0.5, 0.6) is 0 Å². The lowest BCUT2D eigenvalue weighted by Gasteiger charge is -2.28. The van der Waals surface area contributed by atoms with Crippen LogP contribution in [-0.2, 0) is 11.3 Å². The molecule has 19 heavy (non-hydrogen) atoms. The monoisotopic (exact) mass is 263 g/mol. The van der Waals surface area contributed by atoms with E-state index in [1.54, 1.807) is 0 Å². The molecule has 0 bridgehead atoms. The van der Waals surface area contributed by atoms with Crippen LogP contribution in [0.25, 0.3) is 0 Å². The maximum absolute atomic E-state index is 11.8. The van der Waals surface area contributed by atoms with Crippen LogP contribution in [0.2, 0.25) is 0 Å². The number of nitrogens with zero attached hydrogens (tertiary/aromatic N) is 1. The third kappa shape index (κ3) is 6.36. The Bertz CT molecular complexity index is 390. The van der Waals surface area contributed by atoms with Crippen molar-refractivity contribution in [3.63, 3.8) is 0 Å². The van der Waals surface area contributed by atoms with Crippen molar-refractivity contribution in [2.75, 3.05) is 26.7 Å². The largest absolute Gasteiger partial charge is 0.351 e. The van der Waals surface area contributed by atoms with Crippen LogP contribution in [0.4, 0.5) is 0 Å². The van der Waals surface area contributed by atoms with E-state index in [2.05, 4.69) is 19.2 Å². The molecule has 4 heteroatoms. The molecule has 1 rings (SSSR count). The van der Waals surface area contributed by atoms with E-state index in [9.17, 15) is 4.79 Å². The first-order valence-electron chi connectivity index (χ1n) is 6.62. The second-order valence-electron chi connectivity index (χ2n) is 5.80. The van der Waals surface area contributed by atoms with E-state index in [0.717, 1.165) is 12.1 Å². The Labute approximate surface area is 116 Å². The standard InChI is InChI=1S/C15H25N3O/c1-15(2,11-16)12-18(3)10-14(19)17-9-13-7-5-4-6-8-13/h4-8H,9-12,16H2,1-3H3,(H,17,19). The number of rotatable bonds is 7. The van der Waals surface area contributed by atoms with Crippen molar-refractivity contribution < 1.29 is 4.79 Å². The van der Waals surface area contributed by atoms with E-state index < -0.39 is 0 Å². The fraction of sp³-hybridized carbons (Fsp3) is 0.533. The van der Waals surface area contributed by atoms with Gasteiger partial charge in [0.1, 0.15) is 0 Å². The van der Waals surface area contributed by atoms with Gasteiger partial charge in [0, 0.05) is 13.1 Å². The molecule has 0 saturated heterocycles. The fourth-order valence-electron chi connectivity index (χ4n) is 1.95. The second kappa shape index (κ2) is 7.26. The molecule has 1 aromatic carbocycles. The summed E-state index contributed by atoms with van der Waals surface area (Å²) in [6.07, 6.45) is 0. The molecule has 0 aliphatic rings. The average molecular weight is 263 g/mol. The molecule has 0 atom stereocenters. The molecule has 4 nitrogen and oxygen atoms in total. The molecule has 0 aliphatic carbocycles. The molecule has 0 saturated carbocycles. The van der Waals surface area contributed by atoms with Crippen molar-refractivity contribution in [3.05, 3.63) is 35.9 Å². The molecule has 0 aliphatic heterocycles. The van der Waals surface area contributed by atoms with E-state index in [-0.39, 0.29) is 11.3 Å². The smallest absolute Gasteiger partial charge is 0.234 e. The summed E-state index contributed by atoms with van der Waals surface area (Å²) in [6.45, 7) is 6.60. The number of nitrogens with two attached hydrogens (primary N) is 1. The Morgan fingerprint density at radius 1 is 1.32 bits per heavy atom. The predicted molar refractivity (Wildman–Crippen MR) is 78.6 cm³/mol. The number of nitrogens with one attached hydrogen (secondary N) is 1. The first kappa shape index (κ1) is 15.7. The van der Waals surface area contributed by atoms with Crippen molar-refractivity contribution in [1.29, 1.82) is 0 Å². The van der Waals surface area contributed by atoms with Gasteiger partial charge in [-0.05, 0) is 24.6 Å². The summed E-state index contributed by atoms with van der Waals surface area (Å²) < 4.78 is 0. The zero-order chi connectivity index (χ0) is 14.3. The van der Waals surface area contributed by atoms with Crippen molar-refractivity contribution in [2.45, 2.75) is 20.4 Å². The van der Waals surface area contributed by atoms with Gasteiger partial charge in [0.25, 0.3) is 0 Å². The Balaban J connectivity index is 2.31. The first-order chi connectivity index (χ1) is 8.93. The van der Waals surface area contributed by atoms with Gasteiger partial charge in [-0.1, -0.05) is 44.2 Å². The topological polar surface area (TPSA) is 58.4 Å². The Kier molecular flexibility index (Phi) is 5.99. The van der Waals surface area contributed by atoms with Crippen molar-refractivity contribution in [2.24, 2.45) is 11.1 Å². The van der Waals surface area contributed by atoms with Crippen molar-refractivity contribution in [3.8, 4) is 0 Å². The van der Waals surface area contributed by atoms with Gasteiger partial charge < -0.3 is 11.1 Å². The van der Waals surface area contributed by atoms with E-state index >= 15 is 0 Å². The highest BCUT2D eigenvalue weighted by atomic mass is 16.2. The van der Waals surface area contributed by atoms with E-state index in [0.29, 0.717) is 19.6 Å². The minimum absolute atomic E-state index is 0.0362. The summed E-state index contributed by atoms with van der Waals surface area (Å²) in [5.41, 5.74) is 6.84. The van der Waals surface area contributed by atoms with Crippen LogP contribution in [0.1, 0.15) is 19.4 Å². The third-order valence-corrected chi connectivity index (χ3v) is 3.00. The number of amides is 1. The highest BCUT2D eigenvalue weighted by Gasteiger charge is 2.19. The highest BCUT2D eigenvalue weighted by Crippen LogP contribution is 2.13. The number of carbonyl (C=O) groups excluding carboxylic acids is 1. The molecule has 0 spiro atoms. The summed E-state index contributed by atoms with van der Waals surface area (Å²) in [6, 6.07) is 9.91. The number of hydrogen-bond acceptors (Lipinski definition) is 3. The van der Waals surface area contributed by atoms with Crippen LogP contribution >= 0.6 is 0 Å². The van der Waals surface area contributed by atoms with Gasteiger partial charge in [0.15, 0.2) is 0 Å². The molecule has 106 valence electrons. The molecule has 1 aromatic rings. The fourth-order valence-corrected chi connectivity index (χ4v) is 1.95. The molecule has 0 unspecified atom stereocenters. The Morgan fingerprint density at radius 2 is 1.95 bits per heavy atom. The Morgan fingerprint density at radius 3 is 2.53 bits per heavy atom. The lowest BCUT2D eigenvalue weighted by molar-refractivity contribution is -0.122. The van der Waals surface area contributed by atoms with Gasteiger partial charge >= 0.3 is 0 Å². The first-order valence-corrected chi connectivity index (χ1v) is 6.62. The van der Waals surface area contributed by atoms with Gasteiger partial charge in [-0.15, -0.1) is 0 Å². The quantitative estimate of drug-likeness (QED) is 0.777. The molecule has 0 aromatic heterocycles. The van der Waals surface area contributed by atoms with Gasteiger partial charge in [0.05, 0.1) is 6.54 Å². The van der Waals surface area contributed by atoms with Gasteiger partial charge in [-0.3, -0.25) is 9.69 Å². The zero-order valence-corrected chi connectivity index (χ0v) is 12.1. The molecular weight excluding hydrogens is 238 g/mol. The van der Waals surface area contributed by atoms with Crippen LogP contribution in [-0.4, -0.2) is 37.5 Å². The second-order valence-corrected chi connectivity index (χ2v) is 5.80. The minimum atomic E-state index is 0.0362. The summed E-state index contributed by atoms with van der Waals surface area (Å²) in [4.78, 5) is 13.8. The third-order valence-electron chi connectivity index (χ3n) is 3.00. The SMILES string of the molecule is CN(CC(=O)NCc1ccccc1)CC(C)(C)CN. The normalized spacial score (nSPS) is 11.6. The van der Waals surface area contributed by atoms with E-state index in [1.807, 2.05) is 42.3 Å². The summed E-state index contributed by atoms with van der Waals surface area (Å²) in [7, 11) is 1.94.